The Morgan fingerprint density at radius 2 is 2.10 bits per heavy atom. The third-order valence-corrected chi connectivity index (χ3v) is 5.07. The molecule has 1 aliphatic carbocycles. The van der Waals surface area contributed by atoms with Gasteiger partial charge in [0.15, 0.2) is 0 Å². The Hall–Kier alpha value is -0.580. The van der Waals surface area contributed by atoms with Crippen LogP contribution in [0.5, 0.6) is 5.75 Å². The quantitative estimate of drug-likeness (QED) is 0.611. The number of rotatable bonds is 6. The maximum atomic E-state index is 5.76. The molecule has 1 aromatic rings. The van der Waals surface area contributed by atoms with E-state index in [1.165, 1.54) is 44.1 Å². The van der Waals surface area contributed by atoms with Crippen LogP contribution in [0.3, 0.4) is 0 Å². The summed E-state index contributed by atoms with van der Waals surface area (Å²) in [7, 11) is 1.70. The van der Waals surface area contributed by atoms with Gasteiger partial charge < -0.3 is 4.74 Å². The maximum absolute atomic E-state index is 5.76. The van der Waals surface area contributed by atoms with E-state index in [1.54, 1.807) is 7.11 Å². The highest BCUT2D eigenvalue weighted by Gasteiger charge is 2.19. The van der Waals surface area contributed by atoms with Crippen LogP contribution in [-0.2, 0) is 6.42 Å². The average Bonchev–Trinajstić information content (AvgIpc) is 2.49. The Balaban J connectivity index is 1.98. The van der Waals surface area contributed by atoms with Gasteiger partial charge in [-0.25, -0.2) is 0 Å². The minimum Gasteiger partial charge on any atom is -0.497 e. The normalized spacial score (nSPS) is 17.9. The minimum absolute atomic E-state index is 0.335. The van der Waals surface area contributed by atoms with Crippen molar-refractivity contribution in [3.8, 4) is 5.75 Å². The van der Waals surface area contributed by atoms with E-state index < -0.39 is 0 Å². The fraction of sp³-hybridized carbons (Fsp3) is 0.625. The molecule has 0 spiro atoms. The highest BCUT2D eigenvalue weighted by atomic mass is 79.9. The Kier molecular flexibility index (Phi) is 6.33. The molecule has 1 atom stereocenters. The number of hydrogen-bond donors (Lipinski definition) is 2. The number of nitrogens with one attached hydrogen (secondary N) is 1. The largest absolute Gasteiger partial charge is 0.497 e. The summed E-state index contributed by atoms with van der Waals surface area (Å²) in [5.41, 5.74) is 4.25. The Morgan fingerprint density at radius 1 is 1.35 bits per heavy atom. The van der Waals surface area contributed by atoms with E-state index in [-0.39, 0.29) is 0 Å². The summed E-state index contributed by atoms with van der Waals surface area (Å²) in [5.74, 6) is 7.49. The summed E-state index contributed by atoms with van der Waals surface area (Å²) in [5, 5.41) is 0. The van der Waals surface area contributed by atoms with Crippen molar-refractivity contribution in [3.05, 3.63) is 28.2 Å². The lowest BCUT2D eigenvalue weighted by Crippen LogP contribution is -2.38. The molecule has 0 aliphatic heterocycles. The molecular weight excluding hydrogens is 316 g/mol. The van der Waals surface area contributed by atoms with E-state index >= 15 is 0 Å². The molecule has 0 saturated heterocycles. The standard InChI is InChI=1S/C16H25BrN2O/c1-20-15-7-8-16(17)13(11-15)10-14(19-18)9-12-5-3-2-4-6-12/h7-8,11-12,14,19H,2-6,9-10,18H2,1H3. The van der Waals surface area contributed by atoms with Crippen LogP contribution in [0.25, 0.3) is 0 Å². The molecule has 112 valence electrons. The van der Waals surface area contributed by atoms with E-state index in [2.05, 4.69) is 27.4 Å². The predicted octanol–water partition coefficient (Wildman–Crippen LogP) is 3.80. The van der Waals surface area contributed by atoms with E-state index in [4.69, 9.17) is 10.6 Å². The maximum Gasteiger partial charge on any atom is 0.119 e. The molecule has 1 saturated carbocycles. The molecule has 1 unspecified atom stereocenters. The van der Waals surface area contributed by atoms with E-state index in [9.17, 15) is 0 Å². The monoisotopic (exact) mass is 340 g/mol. The first kappa shape index (κ1) is 15.8. The van der Waals surface area contributed by atoms with Crippen LogP contribution in [0.1, 0.15) is 44.1 Å². The molecule has 1 aliphatic rings. The third kappa shape index (κ3) is 4.47. The van der Waals surface area contributed by atoms with Crippen molar-refractivity contribution < 1.29 is 4.74 Å². The molecule has 20 heavy (non-hydrogen) atoms. The first-order valence-corrected chi connectivity index (χ1v) is 8.30. The average molecular weight is 341 g/mol. The molecule has 1 aromatic carbocycles. The molecule has 0 bridgehead atoms. The molecule has 3 nitrogen and oxygen atoms in total. The highest BCUT2D eigenvalue weighted by Crippen LogP contribution is 2.29. The van der Waals surface area contributed by atoms with Crippen molar-refractivity contribution in [2.24, 2.45) is 11.8 Å². The smallest absolute Gasteiger partial charge is 0.119 e. The number of methoxy groups -OCH3 is 1. The fourth-order valence-corrected chi connectivity index (χ4v) is 3.54. The highest BCUT2D eigenvalue weighted by molar-refractivity contribution is 9.10. The number of benzene rings is 1. The number of hydrazine groups is 1. The zero-order valence-electron chi connectivity index (χ0n) is 12.2. The molecule has 2 rings (SSSR count). The lowest BCUT2D eigenvalue weighted by atomic mass is 9.84. The van der Waals surface area contributed by atoms with Crippen molar-refractivity contribution in [1.29, 1.82) is 0 Å². The van der Waals surface area contributed by atoms with Gasteiger partial charge in [-0.15, -0.1) is 0 Å². The number of hydrogen-bond acceptors (Lipinski definition) is 3. The van der Waals surface area contributed by atoms with Crippen LogP contribution in [0.2, 0.25) is 0 Å². The molecule has 0 radical (unpaired) electrons. The molecule has 1 fully saturated rings. The molecule has 0 heterocycles. The van der Waals surface area contributed by atoms with Gasteiger partial charge in [0.25, 0.3) is 0 Å². The lowest BCUT2D eigenvalue weighted by Gasteiger charge is -2.26. The summed E-state index contributed by atoms with van der Waals surface area (Å²) in [4.78, 5) is 0. The first-order chi connectivity index (χ1) is 9.72. The minimum atomic E-state index is 0.335. The summed E-state index contributed by atoms with van der Waals surface area (Å²) < 4.78 is 6.43. The van der Waals surface area contributed by atoms with Gasteiger partial charge in [0.1, 0.15) is 5.75 Å². The van der Waals surface area contributed by atoms with E-state index in [0.29, 0.717) is 6.04 Å². The van der Waals surface area contributed by atoms with E-state index in [0.717, 1.165) is 22.6 Å². The molecule has 3 N–H and O–H groups in total. The molecule has 4 heteroatoms. The first-order valence-electron chi connectivity index (χ1n) is 7.51. The van der Waals surface area contributed by atoms with Crippen molar-refractivity contribution in [2.45, 2.75) is 51.0 Å². The second kappa shape index (κ2) is 8.01. The predicted molar refractivity (Wildman–Crippen MR) is 86.7 cm³/mol. The fourth-order valence-electron chi connectivity index (χ4n) is 3.14. The molecular formula is C16H25BrN2O. The van der Waals surface area contributed by atoms with E-state index in [1.807, 2.05) is 12.1 Å². The Labute approximate surface area is 130 Å². The van der Waals surface area contributed by atoms with Crippen molar-refractivity contribution in [2.75, 3.05) is 7.11 Å². The van der Waals surface area contributed by atoms with Crippen LogP contribution in [0.15, 0.2) is 22.7 Å². The summed E-state index contributed by atoms with van der Waals surface area (Å²) >= 11 is 3.62. The zero-order valence-corrected chi connectivity index (χ0v) is 13.8. The van der Waals surface area contributed by atoms with Crippen LogP contribution >= 0.6 is 15.9 Å². The summed E-state index contributed by atoms with van der Waals surface area (Å²) in [6, 6.07) is 6.44. The third-order valence-electron chi connectivity index (χ3n) is 4.30. The Bertz CT molecular complexity index is 419. The van der Waals surface area contributed by atoms with Gasteiger partial charge in [-0.1, -0.05) is 48.0 Å². The zero-order chi connectivity index (χ0) is 14.4. The van der Waals surface area contributed by atoms with Crippen molar-refractivity contribution in [3.63, 3.8) is 0 Å². The van der Waals surface area contributed by atoms with Crippen LogP contribution in [0, 0.1) is 5.92 Å². The number of nitrogens with two attached hydrogens (primary N) is 1. The van der Waals surface area contributed by atoms with Crippen molar-refractivity contribution >= 4 is 15.9 Å². The second-order valence-corrected chi connectivity index (χ2v) is 6.62. The summed E-state index contributed by atoms with van der Waals surface area (Å²) in [6.45, 7) is 0. The molecule has 0 amide bonds. The van der Waals surface area contributed by atoms with Crippen LogP contribution < -0.4 is 16.0 Å². The SMILES string of the molecule is COc1ccc(Br)c(CC(CC2CCCCC2)NN)c1. The lowest BCUT2D eigenvalue weighted by molar-refractivity contribution is 0.297. The van der Waals surface area contributed by atoms with Gasteiger partial charge >= 0.3 is 0 Å². The molecule has 0 aromatic heterocycles. The second-order valence-electron chi connectivity index (χ2n) is 5.76. The number of halogens is 1. The van der Waals surface area contributed by atoms with Crippen LogP contribution in [-0.4, -0.2) is 13.2 Å². The van der Waals surface area contributed by atoms with Gasteiger partial charge in [-0.05, 0) is 42.5 Å². The summed E-state index contributed by atoms with van der Waals surface area (Å²) in [6.07, 6.45) is 8.98. The number of ether oxygens (including phenoxy) is 1. The van der Waals surface area contributed by atoms with Crippen molar-refractivity contribution in [1.82, 2.24) is 5.43 Å². The van der Waals surface area contributed by atoms with Gasteiger partial charge in [-0.2, -0.15) is 0 Å². The topological polar surface area (TPSA) is 47.3 Å². The van der Waals surface area contributed by atoms with Crippen LogP contribution in [0.4, 0.5) is 0 Å². The van der Waals surface area contributed by atoms with Gasteiger partial charge in [0.05, 0.1) is 7.11 Å². The van der Waals surface area contributed by atoms with Gasteiger partial charge in [0.2, 0.25) is 0 Å². The van der Waals surface area contributed by atoms with Gasteiger partial charge in [-0.3, -0.25) is 11.3 Å². The van der Waals surface area contributed by atoms with Gasteiger partial charge in [0, 0.05) is 10.5 Å². The Morgan fingerprint density at radius 3 is 2.75 bits per heavy atom.